The molecular formula is C13H23F2O5P. The minimum atomic E-state index is -4.50. The first-order valence-corrected chi connectivity index (χ1v) is 8.67. The third-order valence-electron chi connectivity index (χ3n) is 2.80. The van der Waals surface area contributed by atoms with Gasteiger partial charge < -0.3 is 18.5 Å². The van der Waals surface area contributed by atoms with Crippen LogP contribution >= 0.6 is 7.60 Å². The minimum Gasteiger partial charge on any atom is -0.353 e. The van der Waals surface area contributed by atoms with Crippen molar-refractivity contribution in [3.63, 3.8) is 0 Å². The van der Waals surface area contributed by atoms with E-state index in [0.29, 0.717) is 12.7 Å². The van der Waals surface area contributed by atoms with Crippen LogP contribution in [0.15, 0.2) is 12.2 Å². The van der Waals surface area contributed by atoms with Crippen molar-refractivity contribution < 1.29 is 31.9 Å². The maximum absolute atomic E-state index is 13.9. The molecule has 0 aromatic rings. The topological polar surface area (TPSA) is 54.0 Å². The Morgan fingerprint density at radius 1 is 1.29 bits per heavy atom. The lowest BCUT2D eigenvalue weighted by molar-refractivity contribution is -0.155. The van der Waals surface area contributed by atoms with E-state index in [2.05, 4.69) is 9.05 Å². The van der Waals surface area contributed by atoms with Crippen molar-refractivity contribution in [2.45, 2.75) is 45.1 Å². The Kier molecular flexibility index (Phi) is 7.98. The molecule has 0 saturated carbocycles. The van der Waals surface area contributed by atoms with Crippen LogP contribution in [0.25, 0.3) is 0 Å². The smallest absolute Gasteiger partial charge is 0.353 e. The summed E-state index contributed by atoms with van der Waals surface area (Å²) in [5.74, 6) is 0. The van der Waals surface area contributed by atoms with Crippen molar-refractivity contribution >= 4 is 7.60 Å². The molecule has 0 aromatic heterocycles. The summed E-state index contributed by atoms with van der Waals surface area (Å²) < 4.78 is 59.8. The summed E-state index contributed by atoms with van der Waals surface area (Å²) in [6, 6.07) is 0. The Hall–Kier alpha value is -0.330. The molecule has 1 atom stereocenters. The minimum absolute atomic E-state index is 0.0431. The summed E-state index contributed by atoms with van der Waals surface area (Å²) in [5.41, 5.74) is -3.68. The molecule has 1 aliphatic rings. The summed E-state index contributed by atoms with van der Waals surface area (Å²) in [5, 5.41) is 0. The van der Waals surface area contributed by atoms with E-state index in [1.54, 1.807) is 0 Å². The van der Waals surface area contributed by atoms with E-state index in [1.807, 2.05) is 0 Å². The van der Waals surface area contributed by atoms with E-state index < -0.39 is 13.3 Å². The highest BCUT2D eigenvalue weighted by Crippen LogP contribution is 2.62. The largest absolute Gasteiger partial charge is 0.403 e. The Morgan fingerprint density at radius 3 is 2.48 bits per heavy atom. The van der Waals surface area contributed by atoms with Crippen molar-refractivity contribution in [1.82, 2.24) is 0 Å². The quantitative estimate of drug-likeness (QED) is 0.474. The molecule has 0 N–H and O–H groups in total. The van der Waals surface area contributed by atoms with Gasteiger partial charge >= 0.3 is 13.3 Å². The number of halogens is 2. The number of hydrogen-bond donors (Lipinski definition) is 0. The van der Waals surface area contributed by atoms with Gasteiger partial charge in [-0.15, -0.1) is 0 Å². The standard InChI is InChI=1S/C13H23F2O5P/c1-3-19-21(16,20-4-2)13(14,15)9-7-11-18-12-8-5-6-10-17-12/h7,9,12H,3-6,8,10-11H2,1-2H3/b9-7+. The second kappa shape index (κ2) is 8.96. The summed E-state index contributed by atoms with van der Waals surface area (Å²) in [6.07, 6.45) is 4.00. The fraction of sp³-hybridized carbons (Fsp3) is 0.846. The second-order valence-corrected chi connectivity index (χ2v) is 6.56. The van der Waals surface area contributed by atoms with Gasteiger partial charge in [0.1, 0.15) is 0 Å². The van der Waals surface area contributed by atoms with Gasteiger partial charge in [0.25, 0.3) is 0 Å². The maximum atomic E-state index is 13.9. The summed E-state index contributed by atoms with van der Waals surface area (Å²) in [7, 11) is -4.50. The van der Waals surface area contributed by atoms with Gasteiger partial charge in [0, 0.05) is 6.61 Å². The van der Waals surface area contributed by atoms with E-state index in [9.17, 15) is 13.3 Å². The average molecular weight is 328 g/mol. The highest BCUT2D eigenvalue weighted by molar-refractivity contribution is 7.55. The Morgan fingerprint density at radius 2 is 1.95 bits per heavy atom. The molecule has 1 saturated heterocycles. The van der Waals surface area contributed by atoms with Crippen LogP contribution in [0.2, 0.25) is 0 Å². The van der Waals surface area contributed by atoms with Gasteiger partial charge in [0.2, 0.25) is 0 Å². The first-order valence-electron chi connectivity index (χ1n) is 7.13. The molecule has 1 unspecified atom stereocenters. The molecule has 21 heavy (non-hydrogen) atoms. The van der Waals surface area contributed by atoms with Crippen LogP contribution in [0.1, 0.15) is 33.1 Å². The van der Waals surface area contributed by atoms with Crippen LogP contribution in [0.5, 0.6) is 0 Å². The van der Waals surface area contributed by atoms with Crippen molar-refractivity contribution in [3.05, 3.63) is 12.2 Å². The number of rotatable bonds is 9. The molecule has 1 aliphatic heterocycles. The molecule has 124 valence electrons. The summed E-state index contributed by atoms with van der Waals surface area (Å²) in [4.78, 5) is 0. The van der Waals surface area contributed by atoms with E-state index in [-0.39, 0.29) is 26.1 Å². The predicted octanol–water partition coefficient (Wildman–Crippen LogP) is 3.94. The van der Waals surface area contributed by atoms with Gasteiger partial charge in [-0.1, -0.05) is 6.08 Å². The van der Waals surface area contributed by atoms with Crippen molar-refractivity contribution in [2.75, 3.05) is 26.4 Å². The van der Waals surface area contributed by atoms with E-state index >= 15 is 0 Å². The third kappa shape index (κ3) is 5.75. The van der Waals surface area contributed by atoms with E-state index in [1.165, 1.54) is 13.8 Å². The van der Waals surface area contributed by atoms with Crippen LogP contribution in [-0.4, -0.2) is 38.4 Å². The van der Waals surface area contributed by atoms with Gasteiger partial charge in [-0.2, -0.15) is 8.78 Å². The van der Waals surface area contributed by atoms with Gasteiger partial charge in [-0.25, -0.2) is 0 Å². The molecule has 1 fully saturated rings. The molecule has 0 radical (unpaired) electrons. The predicted molar refractivity (Wildman–Crippen MR) is 74.5 cm³/mol. The van der Waals surface area contributed by atoms with Crippen molar-refractivity contribution in [2.24, 2.45) is 0 Å². The zero-order valence-electron chi connectivity index (χ0n) is 12.4. The Bertz CT molecular complexity index is 360. The highest BCUT2D eigenvalue weighted by atomic mass is 31.2. The lowest BCUT2D eigenvalue weighted by Crippen LogP contribution is -2.22. The highest BCUT2D eigenvalue weighted by Gasteiger charge is 2.51. The third-order valence-corrected chi connectivity index (χ3v) is 4.87. The second-order valence-electron chi connectivity index (χ2n) is 4.45. The summed E-state index contributed by atoms with van der Waals surface area (Å²) >= 11 is 0. The SMILES string of the molecule is CCOP(=O)(OCC)C(F)(F)/C=C/COC1CCCCO1. The molecule has 8 heteroatoms. The molecular weight excluding hydrogens is 305 g/mol. The molecule has 0 aliphatic carbocycles. The van der Waals surface area contributed by atoms with Crippen molar-refractivity contribution in [1.29, 1.82) is 0 Å². The lowest BCUT2D eigenvalue weighted by atomic mass is 10.2. The zero-order valence-corrected chi connectivity index (χ0v) is 13.3. The van der Waals surface area contributed by atoms with Gasteiger partial charge in [0.05, 0.1) is 19.8 Å². The van der Waals surface area contributed by atoms with E-state index in [0.717, 1.165) is 25.3 Å². The molecule has 1 rings (SSSR count). The maximum Gasteiger partial charge on any atom is 0.403 e. The molecule has 0 aromatic carbocycles. The molecule has 0 bridgehead atoms. The number of allylic oxidation sites excluding steroid dienone is 1. The van der Waals surface area contributed by atoms with Crippen LogP contribution in [0.4, 0.5) is 8.78 Å². The number of alkyl halides is 2. The molecule has 1 heterocycles. The van der Waals surface area contributed by atoms with Crippen LogP contribution < -0.4 is 0 Å². The zero-order chi connectivity index (χ0) is 15.8. The van der Waals surface area contributed by atoms with Gasteiger partial charge in [-0.05, 0) is 39.2 Å². The fourth-order valence-electron chi connectivity index (χ4n) is 1.84. The van der Waals surface area contributed by atoms with Crippen molar-refractivity contribution in [3.8, 4) is 0 Å². The van der Waals surface area contributed by atoms with Gasteiger partial charge in [-0.3, -0.25) is 4.57 Å². The van der Waals surface area contributed by atoms with E-state index in [4.69, 9.17) is 9.47 Å². The molecule has 0 spiro atoms. The molecule has 5 nitrogen and oxygen atoms in total. The first-order chi connectivity index (χ1) is 9.95. The monoisotopic (exact) mass is 328 g/mol. The lowest BCUT2D eigenvalue weighted by Gasteiger charge is -2.24. The Balaban J connectivity index is 2.51. The Labute approximate surface area is 124 Å². The number of hydrogen-bond acceptors (Lipinski definition) is 5. The first kappa shape index (κ1) is 18.7. The van der Waals surface area contributed by atoms with Crippen LogP contribution in [0, 0.1) is 0 Å². The molecule has 0 amide bonds. The normalized spacial score (nSPS) is 21.0. The van der Waals surface area contributed by atoms with Gasteiger partial charge in [0.15, 0.2) is 6.29 Å². The average Bonchev–Trinajstić information content (AvgIpc) is 2.45. The summed E-state index contributed by atoms with van der Waals surface area (Å²) in [6.45, 7) is 3.30. The van der Waals surface area contributed by atoms with Crippen LogP contribution in [-0.2, 0) is 23.1 Å². The number of ether oxygens (including phenoxy) is 2. The fourth-order valence-corrected chi connectivity index (χ4v) is 3.22. The van der Waals surface area contributed by atoms with Crippen LogP contribution in [0.3, 0.4) is 0 Å².